The number of benzene rings is 1. The van der Waals surface area contributed by atoms with Crippen LogP contribution < -0.4 is 9.47 Å². The first-order valence-corrected chi connectivity index (χ1v) is 6.60. The van der Waals surface area contributed by atoms with Crippen molar-refractivity contribution < 1.29 is 19.0 Å². The monoisotopic (exact) mass is 290 g/mol. The molecular weight excluding hydrogens is 272 g/mol. The van der Waals surface area contributed by atoms with E-state index in [4.69, 9.17) is 14.2 Å². The normalized spacial score (nSPS) is 10.2. The van der Waals surface area contributed by atoms with Crippen molar-refractivity contribution in [3.63, 3.8) is 0 Å². The highest BCUT2D eigenvalue weighted by molar-refractivity contribution is 5.90. The molecule has 6 nitrogen and oxygen atoms in total. The molecule has 0 saturated carbocycles. The minimum atomic E-state index is -0.394. The zero-order chi connectivity index (χ0) is 15.2. The number of rotatable bonds is 6. The molecule has 0 radical (unpaired) electrons. The summed E-state index contributed by atoms with van der Waals surface area (Å²) in [5, 5.41) is 4.08. The number of aromatic nitrogens is 2. The summed E-state index contributed by atoms with van der Waals surface area (Å²) in [5.74, 6) is 0.975. The lowest BCUT2D eigenvalue weighted by Crippen LogP contribution is -2.11. The fraction of sp³-hybridized carbons (Fsp3) is 0.333. The minimum absolute atomic E-state index is 0.220. The van der Waals surface area contributed by atoms with Crippen LogP contribution in [0.1, 0.15) is 23.0 Å². The Morgan fingerprint density at radius 1 is 1.33 bits per heavy atom. The molecule has 1 aromatic heterocycles. The largest absolute Gasteiger partial charge is 0.497 e. The zero-order valence-electron chi connectivity index (χ0n) is 12.3. The van der Waals surface area contributed by atoms with Crippen molar-refractivity contribution in [3.05, 3.63) is 41.7 Å². The van der Waals surface area contributed by atoms with Gasteiger partial charge < -0.3 is 14.2 Å². The van der Waals surface area contributed by atoms with Crippen molar-refractivity contribution in [2.24, 2.45) is 7.05 Å². The van der Waals surface area contributed by atoms with Crippen molar-refractivity contribution in [3.8, 4) is 11.5 Å². The minimum Gasteiger partial charge on any atom is -0.497 e. The summed E-state index contributed by atoms with van der Waals surface area (Å²) in [6, 6.07) is 7.27. The molecule has 21 heavy (non-hydrogen) atoms. The molecule has 0 saturated heterocycles. The number of hydrogen-bond acceptors (Lipinski definition) is 5. The second-order valence-corrected chi connectivity index (χ2v) is 4.32. The Labute approximate surface area is 123 Å². The molecule has 0 amide bonds. The SMILES string of the molecule is CCOC(=O)c1cnn(C)c1COc1cccc(OC)c1. The molecule has 112 valence electrons. The van der Waals surface area contributed by atoms with Crippen LogP contribution in [-0.2, 0) is 18.4 Å². The van der Waals surface area contributed by atoms with Crippen LogP contribution in [0.4, 0.5) is 0 Å². The van der Waals surface area contributed by atoms with Gasteiger partial charge in [-0.15, -0.1) is 0 Å². The van der Waals surface area contributed by atoms with Gasteiger partial charge in [0.2, 0.25) is 0 Å². The zero-order valence-corrected chi connectivity index (χ0v) is 12.3. The molecule has 0 N–H and O–H groups in total. The Morgan fingerprint density at radius 3 is 2.81 bits per heavy atom. The van der Waals surface area contributed by atoms with Crippen molar-refractivity contribution in [2.75, 3.05) is 13.7 Å². The molecule has 0 spiro atoms. The Morgan fingerprint density at radius 2 is 2.10 bits per heavy atom. The third-order valence-corrected chi connectivity index (χ3v) is 2.97. The predicted octanol–water partition coefficient (Wildman–Crippen LogP) is 2.18. The number of methoxy groups -OCH3 is 1. The quantitative estimate of drug-likeness (QED) is 0.763. The molecule has 0 aliphatic rings. The van der Waals surface area contributed by atoms with Gasteiger partial charge in [0.1, 0.15) is 23.7 Å². The molecule has 1 heterocycles. The molecule has 0 aliphatic heterocycles. The highest BCUT2D eigenvalue weighted by Gasteiger charge is 2.17. The highest BCUT2D eigenvalue weighted by atomic mass is 16.5. The van der Waals surface area contributed by atoms with Crippen molar-refractivity contribution in [1.29, 1.82) is 0 Å². The molecular formula is C15H18N2O4. The van der Waals surface area contributed by atoms with Crippen molar-refractivity contribution in [2.45, 2.75) is 13.5 Å². The van der Waals surface area contributed by atoms with Crippen LogP contribution in [0.3, 0.4) is 0 Å². The topological polar surface area (TPSA) is 62.6 Å². The van der Waals surface area contributed by atoms with Crippen molar-refractivity contribution >= 4 is 5.97 Å². The molecule has 1 aromatic carbocycles. The van der Waals surface area contributed by atoms with E-state index in [0.717, 1.165) is 0 Å². The van der Waals surface area contributed by atoms with Crippen LogP contribution in [0.25, 0.3) is 0 Å². The number of carbonyl (C=O) groups is 1. The summed E-state index contributed by atoms with van der Waals surface area (Å²) in [6.07, 6.45) is 1.49. The van der Waals surface area contributed by atoms with Gasteiger partial charge in [-0.25, -0.2) is 4.79 Å². The first-order chi connectivity index (χ1) is 10.2. The van der Waals surface area contributed by atoms with E-state index in [9.17, 15) is 4.79 Å². The maximum Gasteiger partial charge on any atom is 0.341 e. The van der Waals surface area contributed by atoms with Crippen molar-refractivity contribution in [1.82, 2.24) is 9.78 Å². The average molecular weight is 290 g/mol. The summed E-state index contributed by atoms with van der Waals surface area (Å²) < 4.78 is 17.4. The van der Waals surface area contributed by atoms with Crippen LogP contribution in [0.5, 0.6) is 11.5 Å². The molecule has 0 fully saturated rings. The summed E-state index contributed by atoms with van der Waals surface area (Å²) in [4.78, 5) is 11.8. The standard InChI is InChI=1S/C15H18N2O4/c1-4-20-15(18)13-9-16-17(2)14(13)10-21-12-7-5-6-11(8-12)19-3/h5-9H,4,10H2,1-3H3. The number of hydrogen-bond donors (Lipinski definition) is 0. The third-order valence-electron chi connectivity index (χ3n) is 2.97. The van der Waals surface area contributed by atoms with Gasteiger partial charge in [-0.05, 0) is 19.1 Å². The molecule has 0 aliphatic carbocycles. The van der Waals surface area contributed by atoms with E-state index in [1.165, 1.54) is 6.20 Å². The maximum atomic E-state index is 11.8. The first-order valence-electron chi connectivity index (χ1n) is 6.60. The first kappa shape index (κ1) is 14.9. The molecule has 6 heteroatoms. The van der Waals surface area contributed by atoms with Gasteiger partial charge in [0.25, 0.3) is 0 Å². The third kappa shape index (κ3) is 3.53. The Bertz CT molecular complexity index is 622. The number of carbonyl (C=O) groups excluding carboxylic acids is 1. The van der Waals surface area contributed by atoms with Gasteiger partial charge in [-0.1, -0.05) is 6.07 Å². The smallest absolute Gasteiger partial charge is 0.341 e. The van der Waals surface area contributed by atoms with Crippen LogP contribution in [0.2, 0.25) is 0 Å². The van der Waals surface area contributed by atoms with E-state index in [1.54, 1.807) is 31.8 Å². The molecule has 0 atom stereocenters. The number of esters is 1. The Kier molecular flexibility index (Phi) is 4.81. The van der Waals surface area contributed by atoms with Gasteiger partial charge >= 0.3 is 5.97 Å². The molecule has 2 rings (SSSR count). The molecule has 0 bridgehead atoms. The molecule has 2 aromatic rings. The van der Waals surface area contributed by atoms with Gasteiger partial charge in [0.15, 0.2) is 0 Å². The van der Waals surface area contributed by atoms with E-state index in [2.05, 4.69) is 5.10 Å². The Balaban J connectivity index is 2.12. The lowest BCUT2D eigenvalue weighted by Gasteiger charge is -2.09. The fourth-order valence-electron chi connectivity index (χ4n) is 1.86. The van der Waals surface area contributed by atoms with E-state index in [-0.39, 0.29) is 6.61 Å². The fourth-order valence-corrected chi connectivity index (χ4v) is 1.86. The van der Waals surface area contributed by atoms with Gasteiger partial charge in [-0.3, -0.25) is 4.68 Å². The summed E-state index contributed by atoms with van der Waals surface area (Å²) in [6.45, 7) is 2.31. The summed E-state index contributed by atoms with van der Waals surface area (Å²) >= 11 is 0. The van der Waals surface area contributed by atoms with Crippen LogP contribution >= 0.6 is 0 Å². The highest BCUT2D eigenvalue weighted by Crippen LogP contribution is 2.20. The van der Waals surface area contributed by atoms with Crippen LogP contribution in [0.15, 0.2) is 30.5 Å². The Hall–Kier alpha value is -2.50. The molecule has 0 unspecified atom stereocenters. The number of ether oxygens (including phenoxy) is 3. The lowest BCUT2D eigenvalue weighted by molar-refractivity contribution is 0.0523. The number of nitrogens with zero attached hydrogens (tertiary/aromatic N) is 2. The second kappa shape index (κ2) is 6.78. The summed E-state index contributed by atoms with van der Waals surface area (Å²) in [7, 11) is 3.35. The van der Waals surface area contributed by atoms with E-state index >= 15 is 0 Å². The van der Waals surface area contributed by atoms with Gasteiger partial charge in [-0.2, -0.15) is 5.10 Å². The van der Waals surface area contributed by atoms with E-state index in [1.807, 2.05) is 18.2 Å². The van der Waals surface area contributed by atoms with Crippen LogP contribution in [0, 0.1) is 0 Å². The van der Waals surface area contributed by atoms with E-state index < -0.39 is 5.97 Å². The summed E-state index contributed by atoms with van der Waals surface area (Å²) in [5.41, 5.74) is 1.08. The maximum absolute atomic E-state index is 11.8. The van der Waals surface area contributed by atoms with E-state index in [0.29, 0.717) is 29.4 Å². The average Bonchev–Trinajstić information content (AvgIpc) is 2.86. The number of aryl methyl sites for hydroxylation is 1. The second-order valence-electron chi connectivity index (χ2n) is 4.32. The lowest BCUT2D eigenvalue weighted by atomic mass is 10.2. The predicted molar refractivity (Wildman–Crippen MR) is 76.5 cm³/mol. The van der Waals surface area contributed by atoms with Gasteiger partial charge in [0, 0.05) is 13.1 Å². The van der Waals surface area contributed by atoms with Crippen LogP contribution in [-0.4, -0.2) is 29.5 Å². The van der Waals surface area contributed by atoms with Gasteiger partial charge in [0.05, 0.1) is 25.6 Å².